The van der Waals surface area contributed by atoms with Gasteiger partial charge in [0.15, 0.2) is 0 Å². The Bertz CT molecular complexity index is 331. The Morgan fingerprint density at radius 2 is 2.13 bits per heavy atom. The molecule has 0 radical (unpaired) electrons. The van der Waals surface area contributed by atoms with Crippen LogP contribution in [0, 0.1) is 5.92 Å². The monoisotopic (exact) mass is 205 g/mol. The summed E-state index contributed by atoms with van der Waals surface area (Å²) >= 11 is 0. The van der Waals surface area contributed by atoms with Crippen LogP contribution < -0.4 is 5.32 Å². The summed E-state index contributed by atoms with van der Waals surface area (Å²) in [4.78, 5) is 10.9. The van der Waals surface area contributed by atoms with Gasteiger partial charge in [0.05, 0.1) is 0 Å². The van der Waals surface area contributed by atoms with Gasteiger partial charge in [0.25, 0.3) is 0 Å². The van der Waals surface area contributed by atoms with E-state index in [1.165, 1.54) is 18.9 Å². The molecule has 0 atom stereocenters. The lowest BCUT2D eigenvalue weighted by Crippen LogP contribution is -2.05. The molecule has 0 heterocycles. The lowest BCUT2D eigenvalue weighted by atomic mass is 10.0. The number of hydrogen-bond donors (Lipinski definition) is 1. The van der Waals surface area contributed by atoms with Crippen molar-refractivity contribution < 1.29 is 4.79 Å². The number of carbonyl (C=O) groups is 1. The molecule has 0 aromatic heterocycles. The number of benzene rings is 1. The van der Waals surface area contributed by atoms with Gasteiger partial charge in [0.1, 0.15) is 0 Å². The van der Waals surface area contributed by atoms with Crippen LogP contribution in [0.4, 0.5) is 5.69 Å². The van der Waals surface area contributed by atoms with Gasteiger partial charge < -0.3 is 5.32 Å². The van der Waals surface area contributed by atoms with Gasteiger partial charge in [-0.05, 0) is 36.5 Å². The summed E-state index contributed by atoms with van der Waals surface area (Å²) in [5, 5.41) is 2.79. The highest BCUT2D eigenvalue weighted by molar-refractivity contribution is 5.88. The topological polar surface area (TPSA) is 29.1 Å². The number of rotatable bonds is 4. The lowest BCUT2D eigenvalue weighted by Gasteiger charge is -2.07. The van der Waals surface area contributed by atoms with E-state index in [0.29, 0.717) is 0 Å². The summed E-state index contributed by atoms with van der Waals surface area (Å²) in [6.45, 7) is 5.97. The van der Waals surface area contributed by atoms with Gasteiger partial charge in [-0.2, -0.15) is 0 Å². The molecular weight excluding hydrogens is 186 g/mol. The molecule has 0 unspecified atom stereocenters. The van der Waals surface area contributed by atoms with Crippen molar-refractivity contribution in [2.24, 2.45) is 5.92 Å². The fourth-order valence-electron chi connectivity index (χ4n) is 1.46. The average Bonchev–Trinajstić information content (AvgIpc) is 2.14. The van der Waals surface area contributed by atoms with Crippen LogP contribution in [0.3, 0.4) is 0 Å². The summed E-state index contributed by atoms with van der Waals surface area (Å²) in [5.74, 6) is 0.699. The first-order valence-electron chi connectivity index (χ1n) is 5.44. The zero-order valence-corrected chi connectivity index (χ0v) is 9.71. The first-order chi connectivity index (χ1) is 7.08. The second kappa shape index (κ2) is 5.54. The van der Waals surface area contributed by atoms with E-state index in [9.17, 15) is 4.79 Å². The van der Waals surface area contributed by atoms with Crippen LogP contribution in [0.5, 0.6) is 0 Å². The van der Waals surface area contributed by atoms with Crippen molar-refractivity contribution in [1.29, 1.82) is 0 Å². The molecule has 0 spiro atoms. The van der Waals surface area contributed by atoms with Gasteiger partial charge in [-0.3, -0.25) is 4.79 Å². The average molecular weight is 205 g/mol. The first kappa shape index (κ1) is 11.8. The van der Waals surface area contributed by atoms with E-state index in [-0.39, 0.29) is 5.91 Å². The minimum atomic E-state index is -0.0176. The normalized spacial score (nSPS) is 10.4. The van der Waals surface area contributed by atoms with Gasteiger partial charge >= 0.3 is 0 Å². The van der Waals surface area contributed by atoms with E-state index in [2.05, 4.69) is 25.2 Å². The van der Waals surface area contributed by atoms with Crippen molar-refractivity contribution in [3.63, 3.8) is 0 Å². The molecule has 0 aliphatic rings. The Balaban J connectivity index is 2.61. The molecule has 0 aliphatic heterocycles. The van der Waals surface area contributed by atoms with Crippen LogP contribution in [0.2, 0.25) is 0 Å². The van der Waals surface area contributed by atoms with E-state index in [0.717, 1.165) is 18.0 Å². The molecule has 0 bridgehead atoms. The van der Waals surface area contributed by atoms with Gasteiger partial charge in [0, 0.05) is 12.6 Å². The number of carbonyl (C=O) groups excluding carboxylic acids is 1. The summed E-state index contributed by atoms with van der Waals surface area (Å²) < 4.78 is 0. The van der Waals surface area contributed by atoms with Crippen LogP contribution in [0.15, 0.2) is 24.3 Å². The lowest BCUT2D eigenvalue weighted by molar-refractivity contribution is -0.114. The molecule has 1 amide bonds. The smallest absolute Gasteiger partial charge is 0.221 e. The summed E-state index contributed by atoms with van der Waals surface area (Å²) in [6.07, 6.45) is 2.26. The second-order valence-electron chi connectivity index (χ2n) is 4.31. The van der Waals surface area contributed by atoms with Crippen molar-refractivity contribution in [3.8, 4) is 0 Å². The highest BCUT2D eigenvalue weighted by atomic mass is 16.1. The standard InChI is InChI=1S/C13H19NO/c1-10(2)7-8-12-5-4-6-13(9-12)14-11(3)15/h4-6,9-10H,7-8H2,1-3H3,(H,14,15). The third kappa shape index (κ3) is 4.63. The third-order valence-electron chi connectivity index (χ3n) is 2.26. The quantitative estimate of drug-likeness (QED) is 0.803. The van der Waals surface area contributed by atoms with Crippen LogP contribution in [0.1, 0.15) is 32.8 Å². The zero-order chi connectivity index (χ0) is 11.3. The molecule has 0 fully saturated rings. The Hall–Kier alpha value is -1.31. The Morgan fingerprint density at radius 1 is 1.40 bits per heavy atom. The van der Waals surface area contributed by atoms with Crippen molar-refractivity contribution in [1.82, 2.24) is 0 Å². The Labute approximate surface area is 91.7 Å². The fraction of sp³-hybridized carbons (Fsp3) is 0.462. The largest absolute Gasteiger partial charge is 0.326 e. The van der Waals surface area contributed by atoms with E-state index < -0.39 is 0 Å². The summed E-state index contributed by atoms with van der Waals surface area (Å²) in [5.41, 5.74) is 2.18. The van der Waals surface area contributed by atoms with E-state index in [4.69, 9.17) is 0 Å². The van der Waals surface area contributed by atoms with Crippen LogP contribution in [-0.4, -0.2) is 5.91 Å². The van der Waals surface area contributed by atoms with Gasteiger partial charge in [0.2, 0.25) is 5.91 Å². The van der Waals surface area contributed by atoms with Crippen molar-refractivity contribution in [2.75, 3.05) is 5.32 Å². The van der Waals surface area contributed by atoms with E-state index >= 15 is 0 Å². The van der Waals surface area contributed by atoms with E-state index in [1.807, 2.05) is 18.2 Å². The summed E-state index contributed by atoms with van der Waals surface area (Å²) in [7, 11) is 0. The van der Waals surface area contributed by atoms with Crippen molar-refractivity contribution in [3.05, 3.63) is 29.8 Å². The number of hydrogen-bond acceptors (Lipinski definition) is 1. The molecule has 0 saturated heterocycles. The molecular formula is C13H19NO. The van der Waals surface area contributed by atoms with Crippen LogP contribution in [0.25, 0.3) is 0 Å². The molecule has 1 aromatic rings. The van der Waals surface area contributed by atoms with Gasteiger partial charge in [-0.25, -0.2) is 0 Å². The predicted octanol–water partition coefficient (Wildman–Crippen LogP) is 3.23. The van der Waals surface area contributed by atoms with Crippen molar-refractivity contribution >= 4 is 11.6 Å². The van der Waals surface area contributed by atoms with Gasteiger partial charge in [-0.15, -0.1) is 0 Å². The van der Waals surface area contributed by atoms with E-state index in [1.54, 1.807) is 0 Å². The second-order valence-corrected chi connectivity index (χ2v) is 4.31. The number of amides is 1. The maximum atomic E-state index is 10.9. The molecule has 1 N–H and O–H groups in total. The molecule has 82 valence electrons. The Morgan fingerprint density at radius 3 is 2.73 bits per heavy atom. The SMILES string of the molecule is CC(=O)Nc1cccc(CCC(C)C)c1. The molecule has 1 aromatic carbocycles. The minimum absolute atomic E-state index is 0.0176. The molecule has 0 saturated carbocycles. The predicted molar refractivity (Wildman–Crippen MR) is 63.9 cm³/mol. The molecule has 2 heteroatoms. The summed E-state index contributed by atoms with van der Waals surface area (Å²) in [6, 6.07) is 8.05. The fourth-order valence-corrected chi connectivity index (χ4v) is 1.46. The highest BCUT2D eigenvalue weighted by Crippen LogP contribution is 2.14. The maximum absolute atomic E-state index is 10.9. The molecule has 0 aliphatic carbocycles. The Kier molecular flexibility index (Phi) is 4.35. The first-order valence-corrected chi connectivity index (χ1v) is 5.44. The number of nitrogens with one attached hydrogen (secondary N) is 1. The van der Waals surface area contributed by atoms with Crippen molar-refractivity contribution in [2.45, 2.75) is 33.6 Å². The number of aryl methyl sites for hydroxylation is 1. The van der Waals surface area contributed by atoms with Crippen LogP contribution in [-0.2, 0) is 11.2 Å². The molecule has 2 nitrogen and oxygen atoms in total. The maximum Gasteiger partial charge on any atom is 0.221 e. The number of anilines is 1. The van der Waals surface area contributed by atoms with Crippen LogP contribution >= 0.6 is 0 Å². The zero-order valence-electron chi connectivity index (χ0n) is 9.71. The minimum Gasteiger partial charge on any atom is -0.326 e. The molecule has 15 heavy (non-hydrogen) atoms. The van der Waals surface area contributed by atoms with Gasteiger partial charge in [-0.1, -0.05) is 26.0 Å². The third-order valence-corrected chi connectivity index (χ3v) is 2.26. The molecule has 1 rings (SSSR count). The highest BCUT2D eigenvalue weighted by Gasteiger charge is 1.99.